The molecule has 0 bridgehead atoms. The van der Waals surface area contributed by atoms with Crippen LogP contribution in [0.3, 0.4) is 0 Å². The number of hydrogen-bond acceptors (Lipinski definition) is 5. The van der Waals surface area contributed by atoms with Gasteiger partial charge in [-0.2, -0.15) is 0 Å². The van der Waals surface area contributed by atoms with Gasteiger partial charge in [0.1, 0.15) is 0 Å². The summed E-state index contributed by atoms with van der Waals surface area (Å²) in [5, 5.41) is 13.6. The molecule has 1 heterocycles. The molecule has 0 aliphatic carbocycles. The summed E-state index contributed by atoms with van der Waals surface area (Å²) >= 11 is 6.59. The third-order valence-electron chi connectivity index (χ3n) is 2.82. The number of nitrogens with one attached hydrogen (secondary N) is 1. The number of nitrogens with zero attached hydrogens (tertiary/aromatic N) is 2. The van der Waals surface area contributed by atoms with Crippen LogP contribution in [0.4, 0.5) is 10.7 Å². The Kier molecular flexibility index (Phi) is 5.30. The van der Waals surface area contributed by atoms with Gasteiger partial charge < -0.3 is 10.2 Å². The quantitative estimate of drug-likeness (QED) is 0.660. The predicted molar refractivity (Wildman–Crippen MR) is 88.0 cm³/mol. The van der Waals surface area contributed by atoms with E-state index in [1.807, 2.05) is 0 Å². The molecule has 0 saturated heterocycles. The molecule has 0 saturated carbocycles. The lowest BCUT2D eigenvalue weighted by molar-refractivity contribution is -0.380. The first kappa shape index (κ1) is 16.9. The number of nitro groups is 1. The predicted octanol–water partition coefficient (Wildman–Crippen LogP) is 3.02. The lowest BCUT2D eigenvalue weighted by Crippen LogP contribution is -2.34. The monoisotopic (exact) mass is 353 g/mol. The Bertz CT molecular complexity index is 762. The second-order valence-electron chi connectivity index (χ2n) is 4.61. The van der Waals surface area contributed by atoms with Crippen LogP contribution in [0.2, 0.25) is 5.02 Å². The van der Waals surface area contributed by atoms with Gasteiger partial charge in [-0.15, -0.1) is 0 Å². The molecule has 1 N–H and O–H groups in total. The average molecular weight is 354 g/mol. The largest absolute Gasteiger partial charge is 0.332 e. The van der Waals surface area contributed by atoms with Crippen molar-refractivity contribution in [1.82, 2.24) is 4.90 Å². The van der Waals surface area contributed by atoms with E-state index in [1.54, 1.807) is 24.3 Å². The smallest absolute Gasteiger partial charge is 0.324 e. The molecule has 7 nitrogen and oxygen atoms in total. The van der Waals surface area contributed by atoms with Gasteiger partial charge in [0, 0.05) is 23.8 Å². The van der Waals surface area contributed by atoms with Crippen molar-refractivity contribution in [2.75, 3.05) is 18.9 Å². The van der Waals surface area contributed by atoms with Gasteiger partial charge in [0.15, 0.2) is 0 Å². The van der Waals surface area contributed by atoms with Crippen LogP contribution in [0, 0.1) is 10.1 Å². The van der Waals surface area contributed by atoms with E-state index in [4.69, 9.17) is 11.6 Å². The zero-order valence-corrected chi connectivity index (χ0v) is 13.6. The minimum atomic E-state index is -0.562. The molecule has 0 unspecified atom stereocenters. The van der Waals surface area contributed by atoms with E-state index < -0.39 is 16.7 Å². The number of amides is 2. The molecule has 120 valence electrons. The zero-order valence-electron chi connectivity index (χ0n) is 12.0. The fraction of sp³-hybridized carbons (Fsp3) is 0.143. The van der Waals surface area contributed by atoms with Gasteiger partial charge in [0.25, 0.3) is 5.91 Å². The van der Waals surface area contributed by atoms with E-state index in [-0.39, 0.29) is 16.4 Å². The second kappa shape index (κ2) is 7.21. The molecule has 0 atom stereocenters. The van der Waals surface area contributed by atoms with E-state index >= 15 is 0 Å². The first-order valence-corrected chi connectivity index (χ1v) is 7.61. The third-order valence-corrected chi connectivity index (χ3v) is 4.08. The molecule has 0 fully saturated rings. The molecule has 2 aromatic rings. The van der Waals surface area contributed by atoms with Crippen molar-refractivity contribution in [3.63, 3.8) is 0 Å². The third kappa shape index (κ3) is 4.51. The number of likely N-dealkylation sites (N-methyl/N-ethyl adjacent to an activating group) is 1. The average Bonchev–Trinajstić information content (AvgIpc) is 2.96. The highest BCUT2D eigenvalue weighted by Gasteiger charge is 2.20. The van der Waals surface area contributed by atoms with E-state index in [0.717, 1.165) is 11.3 Å². The number of hydrogen-bond donors (Lipinski definition) is 1. The molecule has 0 radical (unpaired) electrons. The maximum absolute atomic E-state index is 12.1. The fourth-order valence-corrected chi connectivity index (χ4v) is 2.79. The Morgan fingerprint density at radius 3 is 2.70 bits per heavy atom. The summed E-state index contributed by atoms with van der Waals surface area (Å²) in [6.45, 7) is -0.183. The van der Waals surface area contributed by atoms with Crippen LogP contribution in [0.15, 0.2) is 36.4 Å². The number of thiophene rings is 1. The van der Waals surface area contributed by atoms with Crippen LogP contribution in [0.5, 0.6) is 0 Å². The van der Waals surface area contributed by atoms with Crippen LogP contribution in [0.25, 0.3) is 0 Å². The minimum absolute atomic E-state index is 0.120. The maximum Gasteiger partial charge on any atom is 0.324 e. The minimum Gasteiger partial charge on any atom is -0.332 e. The van der Waals surface area contributed by atoms with Gasteiger partial charge in [-0.05, 0) is 24.3 Å². The molecule has 0 aliphatic rings. The van der Waals surface area contributed by atoms with Crippen molar-refractivity contribution >= 4 is 45.4 Å². The molecule has 1 aromatic heterocycles. The maximum atomic E-state index is 12.1. The van der Waals surface area contributed by atoms with Crippen molar-refractivity contribution in [3.05, 3.63) is 56.4 Å². The first-order valence-electron chi connectivity index (χ1n) is 6.42. The molecule has 2 rings (SSSR count). The number of carbonyl (C=O) groups is 2. The summed E-state index contributed by atoms with van der Waals surface area (Å²) in [7, 11) is 1.45. The Labute approximate surface area is 140 Å². The number of halogens is 1. The van der Waals surface area contributed by atoms with Crippen LogP contribution in [-0.4, -0.2) is 35.2 Å². The highest BCUT2D eigenvalue weighted by atomic mass is 35.5. The van der Waals surface area contributed by atoms with Crippen LogP contribution in [0.1, 0.15) is 9.67 Å². The summed E-state index contributed by atoms with van der Waals surface area (Å²) in [4.78, 5) is 35.5. The second-order valence-corrected chi connectivity index (χ2v) is 6.11. The molecule has 0 aliphatic heterocycles. The number of carbonyl (C=O) groups excluding carboxylic acids is 2. The number of rotatable bonds is 5. The fourth-order valence-electron chi connectivity index (χ4n) is 1.78. The van der Waals surface area contributed by atoms with Gasteiger partial charge in [-0.25, -0.2) is 0 Å². The molecule has 23 heavy (non-hydrogen) atoms. The Balaban J connectivity index is 1.97. The lowest BCUT2D eigenvalue weighted by atomic mass is 10.3. The zero-order chi connectivity index (χ0) is 17.0. The van der Waals surface area contributed by atoms with Crippen molar-refractivity contribution < 1.29 is 14.5 Å². The van der Waals surface area contributed by atoms with Crippen LogP contribution in [-0.2, 0) is 4.79 Å². The van der Waals surface area contributed by atoms with Gasteiger partial charge in [-0.3, -0.25) is 19.7 Å². The van der Waals surface area contributed by atoms with E-state index in [0.29, 0.717) is 10.7 Å². The van der Waals surface area contributed by atoms with E-state index in [1.165, 1.54) is 24.1 Å². The topological polar surface area (TPSA) is 92.6 Å². The molecule has 2 amide bonds. The summed E-state index contributed by atoms with van der Waals surface area (Å²) in [6.07, 6.45) is 0. The SMILES string of the molecule is CN(CC(=O)Nc1cccc(Cl)c1)C(=O)c1ccc([N+](=O)[O-])s1. The molecular weight excluding hydrogens is 342 g/mol. The van der Waals surface area contributed by atoms with Gasteiger partial charge in [0.05, 0.1) is 16.3 Å². The summed E-state index contributed by atoms with van der Waals surface area (Å²) in [6, 6.07) is 9.26. The van der Waals surface area contributed by atoms with E-state index in [2.05, 4.69) is 5.32 Å². The van der Waals surface area contributed by atoms with Gasteiger partial charge in [0.2, 0.25) is 5.91 Å². The molecule has 1 aromatic carbocycles. The lowest BCUT2D eigenvalue weighted by Gasteiger charge is -2.15. The molecular formula is C14H12ClN3O4S. The number of anilines is 1. The number of benzene rings is 1. The van der Waals surface area contributed by atoms with Crippen molar-refractivity contribution in [1.29, 1.82) is 0 Å². The highest BCUT2D eigenvalue weighted by molar-refractivity contribution is 7.17. The summed E-state index contributed by atoms with van der Waals surface area (Å²) in [5.41, 5.74) is 0.523. The first-order chi connectivity index (χ1) is 10.9. The van der Waals surface area contributed by atoms with Gasteiger partial charge >= 0.3 is 5.00 Å². The standard InChI is InChI=1S/C14H12ClN3O4S/c1-17(14(20)11-5-6-13(23-11)18(21)22)8-12(19)16-10-4-2-3-9(15)7-10/h2-7H,8H2,1H3,(H,16,19). The van der Waals surface area contributed by atoms with E-state index in [9.17, 15) is 19.7 Å². The Hall–Kier alpha value is -2.45. The van der Waals surface area contributed by atoms with Crippen LogP contribution >= 0.6 is 22.9 Å². The molecule has 0 spiro atoms. The Morgan fingerprint density at radius 2 is 2.09 bits per heavy atom. The summed E-state index contributed by atoms with van der Waals surface area (Å²) in [5.74, 6) is -0.849. The normalized spacial score (nSPS) is 10.2. The highest BCUT2D eigenvalue weighted by Crippen LogP contribution is 2.24. The van der Waals surface area contributed by atoms with Crippen LogP contribution < -0.4 is 5.32 Å². The van der Waals surface area contributed by atoms with Crippen molar-refractivity contribution in [2.24, 2.45) is 0 Å². The Morgan fingerprint density at radius 1 is 1.35 bits per heavy atom. The van der Waals surface area contributed by atoms with Gasteiger partial charge in [-0.1, -0.05) is 29.0 Å². The van der Waals surface area contributed by atoms with Crippen molar-refractivity contribution in [2.45, 2.75) is 0 Å². The van der Waals surface area contributed by atoms with Crippen molar-refractivity contribution in [3.8, 4) is 0 Å². The summed E-state index contributed by atoms with van der Waals surface area (Å²) < 4.78 is 0. The molecule has 9 heteroatoms.